The highest BCUT2D eigenvalue weighted by molar-refractivity contribution is 14.1. The van der Waals surface area contributed by atoms with Crippen molar-refractivity contribution in [1.82, 2.24) is 5.32 Å². The number of hydrogen-bond acceptors (Lipinski definition) is 2. The van der Waals surface area contributed by atoms with Gasteiger partial charge in [0.1, 0.15) is 0 Å². The molecule has 2 unspecified atom stereocenters. The van der Waals surface area contributed by atoms with Crippen LogP contribution < -0.4 is 10.6 Å². The lowest BCUT2D eigenvalue weighted by Crippen LogP contribution is -2.39. The third-order valence-corrected chi connectivity index (χ3v) is 4.31. The number of amides is 2. The van der Waals surface area contributed by atoms with E-state index in [2.05, 4.69) is 17.6 Å². The van der Waals surface area contributed by atoms with Gasteiger partial charge in [0.25, 0.3) is 0 Å². The van der Waals surface area contributed by atoms with E-state index in [0.717, 1.165) is 22.8 Å². The molecule has 3 N–H and O–H groups in total. The van der Waals surface area contributed by atoms with Gasteiger partial charge in [-0.1, -0.05) is 13.3 Å². The number of halogens is 1. The van der Waals surface area contributed by atoms with Gasteiger partial charge in [0, 0.05) is 9.61 Å². The molecule has 2 rings (SSSR count). The maximum absolute atomic E-state index is 12.0. The molecular formula is C14H17IN2O3. The van der Waals surface area contributed by atoms with Crippen molar-refractivity contribution in [2.45, 2.75) is 32.2 Å². The van der Waals surface area contributed by atoms with E-state index in [1.54, 1.807) is 12.1 Å². The number of nitrogens with one attached hydrogen (secondary N) is 2. The smallest absolute Gasteiger partial charge is 0.337 e. The molecule has 1 aliphatic carbocycles. The number of rotatable bonds is 3. The van der Waals surface area contributed by atoms with E-state index in [-0.39, 0.29) is 17.6 Å². The van der Waals surface area contributed by atoms with Crippen LogP contribution in [0.2, 0.25) is 0 Å². The van der Waals surface area contributed by atoms with Gasteiger partial charge in [-0.3, -0.25) is 0 Å². The Hall–Kier alpha value is -1.31. The van der Waals surface area contributed by atoms with Crippen molar-refractivity contribution in [1.29, 1.82) is 0 Å². The predicted molar refractivity (Wildman–Crippen MR) is 85.1 cm³/mol. The van der Waals surface area contributed by atoms with Crippen LogP contribution in [-0.4, -0.2) is 23.1 Å². The highest BCUT2D eigenvalue weighted by Crippen LogP contribution is 2.25. The van der Waals surface area contributed by atoms with E-state index in [0.29, 0.717) is 11.6 Å². The molecule has 0 radical (unpaired) electrons. The summed E-state index contributed by atoms with van der Waals surface area (Å²) in [4.78, 5) is 23.1. The van der Waals surface area contributed by atoms with Crippen LogP contribution in [0.1, 0.15) is 36.5 Å². The van der Waals surface area contributed by atoms with E-state index >= 15 is 0 Å². The number of carbonyl (C=O) groups is 2. The minimum Gasteiger partial charge on any atom is -0.478 e. The van der Waals surface area contributed by atoms with Crippen molar-refractivity contribution in [3.05, 3.63) is 27.3 Å². The topological polar surface area (TPSA) is 78.4 Å². The van der Waals surface area contributed by atoms with Crippen molar-refractivity contribution < 1.29 is 14.7 Å². The third-order valence-electron chi connectivity index (χ3n) is 3.64. The molecule has 0 spiro atoms. The van der Waals surface area contributed by atoms with E-state index in [1.165, 1.54) is 6.07 Å². The minimum absolute atomic E-state index is 0.103. The quantitative estimate of drug-likeness (QED) is 0.696. The highest BCUT2D eigenvalue weighted by Gasteiger charge is 2.25. The zero-order valence-corrected chi connectivity index (χ0v) is 13.3. The molecule has 5 nitrogen and oxygen atoms in total. The fourth-order valence-electron chi connectivity index (χ4n) is 2.49. The summed E-state index contributed by atoms with van der Waals surface area (Å²) < 4.78 is 0.815. The van der Waals surface area contributed by atoms with Crippen LogP contribution in [0.3, 0.4) is 0 Å². The normalized spacial score (nSPS) is 21.5. The molecule has 1 aromatic carbocycles. The van der Waals surface area contributed by atoms with Crippen molar-refractivity contribution in [2.24, 2.45) is 5.92 Å². The van der Waals surface area contributed by atoms with E-state index < -0.39 is 5.97 Å². The van der Waals surface area contributed by atoms with Crippen LogP contribution in [-0.2, 0) is 0 Å². The number of carbonyl (C=O) groups excluding carboxylic acids is 1. The molecule has 0 bridgehead atoms. The van der Waals surface area contributed by atoms with Gasteiger partial charge in [0.15, 0.2) is 0 Å². The molecule has 1 aromatic rings. The number of urea groups is 1. The second-order valence-electron chi connectivity index (χ2n) is 5.11. The van der Waals surface area contributed by atoms with Crippen LogP contribution in [0, 0.1) is 9.49 Å². The second kappa shape index (κ2) is 6.43. The highest BCUT2D eigenvalue weighted by atomic mass is 127. The first-order valence-electron chi connectivity index (χ1n) is 6.57. The number of benzene rings is 1. The summed E-state index contributed by atoms with van der Waals surface area (Å²) in [7, 11) is 0. The molecule has 0 aromatic heterocycles. The standard InChI is InChI=1S/C14H17IN2O3/c1-8-3-2-4-11(8)16-14(20)17-12-6-5-9(15)7-10(12)13(18)19/h5-8,11H,2-4H2,1H3,(H,18,19)(H2,16,17,20). The van der Waals surface area contributed by atoms with E-state index in [9.17, 15) is 9.59 Å². The summed E-state index contributed by atoms with van der Waals surface area (Å²) in [6.45, 7) is 2.12. The first-order valence-corrected chi connectivity index (χ1v) is 7.65. The molecular weight excluding hydrogens is 371 g/mol. The van der Waals surface area contributed by atoms with Crippen LogP contribution in [0.4, 0.5) is 10.5 Å². The molecule has 1 aliphatic rings. The Balaban J connectivity index is 2.06. The first-order chi connectivity index (χ1) is 9.47. The molecule has 1 saturated carbocycles. The van der Waals surface area contributed by atoms with Crippen molar-refractivity contribution in [2.75, 3.05) is 5.32 Å². The van der Waals surface area contributed by atoms with Crippen LogP contribution in [0.15, 0.2) is 18.2 Å². The molecule has 2 atom stereocenters. The molecule has 20 heavy (non-hydrogen) atoms. The van der Waals surface area contributed by atoms with E-state index in [4.69, 9.17) is 5.11 Å². The Labute approximate surface area is 131 Å². The van der Waals surface area contributed by atoms with Gasteiger partial charge in [0.2, 0.25) is 0 Å². The largest absolute Gasteiger partial charge is 0.478 e. The van der Waals surface area contributed by atoms with Gasteiger partial charge in [-0.25, -0.2) is 9.59 Å². The zero-order chi connectivity index (χ0) is 14.7. The van der Waals surface area contributed by atoms with Gasteiger partial charge in [0.05, 0.1) is 11.3 Å². The second-order valence-corrected chi connectivity index (χ2v) is 6.35. The average Bonchev–Trinajstić information content (AvgIpc) is 2.77. The summed E-state index contributed by atoms with van der Waals surface area (Å²) in [5, 5.41) is 14.7. The number of anilines is 1. The molecule has 0 aliphatic heterocycles. The van der Waals surface area contributed by atoms with Crippen molar-refractivity contribution >= 4 is 40.3 Å². The first kappa shape index (κ1) is 15.1. The maximum Gasteiger partial charge on any atom is 0.337 e. The SMILES string of the molecule is CC1CCCC1NC(=O)Nc1ccc(I)cc1C(=O)O. The molecule has 0 heterocycles. The fraction of sp³-hybridized carbons (Fsp3) is 0.429. The fourth-order valence-corrected chi connectivity index (χ4v) is 2.98. The number of aromatic carboxylic acids is 1. The number of carboxylic acid groups (broad SMARTS) is 1. The van der Waals surface area contributed by atoms with Gasteiger partial charge < -0.3 is 15.7 Å². The van der Waals surface area contributed by atoms with Crippen LogP contribution in [0.5, 0.6) is 0 Å². The minimum atomic E-state index is -1.05. The predicted octanol–water partition coefficient (Wildman–Crippen LogP) is 3.30. The monoisotopic (exact) mass is 388 g/mol. The summed E-state index contributed by atoms with van der Waals surface area (Å²) in [5.41, 5.74) is 0.424. The molecule has 2 amide bonds. The molecule has 0 saturated heterocycles. The van der Waals surface area contributed by atoms with Gasteiger partial charge >= 0.3 is 12.0 Å². The number of hydrogen-bond donors (Lipinski definition) is 3. The molecule has 1 fully saturated rings. The Kier molecular flexibility index (Phi) is 4.85. The zero-order valence-electron chi connectivity index (χ0n) is 11.1. The lowest BCUT2D eigenvalue weighted by molar-refractivity contribution is 0.0698. The number of carboxylic acids is 1. The lowest BCUT2D eigenvalue weighted by atomic mass is 10.1. The van der Waals surface area contributed by atoms with Crippen LogP contribution >= 0.6 is 22.6 Å². The van der Waals surface area contributed by atoms with Gasteiger partial charge in [-0.15, -0.1) is 0 Å². The Bertz CT molecular complexity index is 533. The molecule has 108 valence electrons. The summed E-state index contributed by atoms with van der Waals surface area (Å²) >= 11 is 2.04. The summed E-state index contributed by atoms with van der Waals surface area (Å²) in [6, 6.07) is 4.75. The Morgan fingerprint density at radius 1 is 1.35 bits per heavy atom. The Morgan fingerprint density at radius 2 is 2.10 bits per heavy atom. The summed E-state index contributed by atoms with van der Waals surface area (Å²) in [6.07, 6.45) is 3.22. The van der Waals surface area contributed by atoms with Crippen molar-refractivity contribution in [3.63, 3.8) is 0 Å². The summed E-state index contributed by atoms with van der Waals surface area (Å²) in [5.74, 6) is -0.579. The molecule has 6 heteroatoms. The van der Waals surface area contributed by atoms with Crippen molar-refractivity contribution in [3.8, 4) is 0 Å². The lowest BCUT2D eigenvalue weighted by Gasteiger charge is -2.18. The Morgan fingerprint density at radius 3 is 2.70 bits per heavy atom. The average molecular weight is 388 g/mol. The maximum atomic E-state index is 12.0. The van der Waals surface area contributed by atoms with E-state index in [1.807, 2.05) is 22.6 Å². The van der Waals surface area contributed by atoms with Gasteiger partial charge in [-0.05, 0) is 59.5 Å². The third kappa shape index (κ3) is 3.62. The van der Waals surface area contributed by atoms with Crippen LogP contribution in [0.25, 0.3) is 0 Å². The van der Waals surface area contributed by atoms with Gasteiger partial charge in [-0.2, -0.15) is 0 Å².